The molecule has 142 valence electrons. The normalized spacial score (nSPS) is 21.0. The second-order valence-electron chi connectivity index (χ2n) is 6.68. The van der Waals surface area contributed by atoms with Crippen molar-refractivity contribution in [2.75, 3.05) is 4.90 Å². The van der Waals surface area contributed by atoms with Gasteiger partial charge in [-0.2, -0.15) is 5.10 Å². The first-order valence-corrected chi connectivity index (χ1v) is 9.74. The molecule has 0 aromatic heterocycles. The lowest BCUT2D eigenvalue weighted by Gasteiger charge is -2.21. The number of hydrogen-bond acceptors (Lipinski definition) is 6. The Labute approximate surface area is 174 Å². The first-order chi connectivity index (χ1) is 13.5. The van der Waals surface area contributed by atoms with Crippen molar-refractivity contribution in [1.82, 2.24) is 5.43 Å². The zero-order chi connectivity index (χ0) is 19.7. The van der Waals surface area contributed by atoms with E-state index in [1.165, 1.54) is 0 Å². The minimum absolute atomic E-state index is 0.0199. The van der Waals surface area contributed by atoms with Gasteiger partial charge in [0.2, 0.25) is 5.91 Å². The van der Waals surface area contributed by atoms with Gasteiger partial charge in [-0.3, -0.25) is 15.0 Å². The van der Waals surface area contributed by atoms with Crippen LogP contribution < -0.4 is 10.3 Å². The van der Waals surface area contributed by atoms with Crippen LogP contribution in [0.5, 0.6) is 0 Å². The van der Waals surface area contributed by atoms with Gasteiger partial charge < -0.3 is 4.74 Å². The Morgan fingerprint density at radius 3 is 2.54 bits per heavy atom. The highest BCUT2D eigenvalue weighted by Gasteiger charge is 2.56. The first kappa shape index (κ1) is 18.6. The third-order valence-electron chi connectivity index (χ3n) is 4.72. The van der Waals surface area contributed by atoms with E-state index in [1.54, 1.807) is 12.1 Å². The Hall–Kier alpha value is -2.75. The van der Waals surface area contributed by atoms with Gasteiger partial charge in [-0.1, -0.05) is 30.3 Å². The van der Waals surface area contributed by atoms with Crippen LogP contribution in [0.3, 0.4) is 0 Å². The summed E-state index contributed by atoms with van der Waals surface area (Å²) < 4.78 is 6.28. The molecule has 2 aromatic rings. The second-order valence-corrected chi connectivity index (χ2v) is 7.92. The standard InChI is InChI=1S/C20H16IN3O4/c21-14-6-8-15(9-7-14)24-17(25)11-20(19(24)27)10-16(22-23-20)18(26)28-12-13-4-2-1-3-5-13/h1-9,23H,10-12H2/t20-/m0/s1. The number of nitrogens with zero attached hydrogens (tertiary/aromatic N) is 2. The fourth-order valence-corrected chi connectivity index (χ4v) is 3.64. The Morgan fingerprint density at radius 2 is 1.82 bits per heavy atom. The summed E-state index contributed by atoms with van der Waals surface area (Å²) in [5, 5.41) is 4.00. The predicted molar refractivity (Wildman–Crippen MR) is 110 cm³/mol. The maximum atomic E-state index is 13.0. The quantitative estimate of drug-likeness (QED) is 0.405. The number of hydrazone groups is 1. The molecular formula is C20H16IN3O4. The summed E-state index contributed by atoms with van der Waals surface area (Å²) in [5.74, 6) is -1.33. The van der Waals surface area contributed by atoms with E-state index in [2.05, 4.69) is 33.1 Å². The highest BCUT2D eigenvalue weighted by Crippen LogP contribution is 2.34. The summed E-state index contributed by atoms with van der Waals surface area (Å²) in [7, 11) is 0. The topological polar surface area (TPSA) is 88.1 Å². The van der Waals surface area contributed by atoms with Gasteiger partial charge in [0.25, 0.3) is 5.91 Å². The summed E-state index contributed by atoms with van der Waals surface area (Å²) in [6.07, 6.45) is -0.0388. The molecule has 2 aliphatic rings. The first-order valence-electron chi connectivity index (χ1n) is 8.66. The lowest BCUT2D eigenvalue weighted by Crippen LogP contribution is -2.47. The number of esters is 1. The average Bonchev–Trinajstić information content (AvgIpc) is 3.23. The van der Waals surface area contributed by atoms with Crippen molar-refractivity contribution in [2.45, 2.75) is 25.0 Å². The number of carbonyl (C=O) groups is 3. The van der Waals surface area contributed by atoms with E-state index in [4.69, 9.17) is 4.74 Å². The maximum absolute atomic E-state index is 13.0. The van der Waals surface area contributed by atoms with Crippen molar-refractivity contribution in [3.63, 3.8) is 0 Å². The van der Waals surface area contributed by atoms with Gasteiger partial charge in [0, 0.05) is 9.99 Å². The van der Waals surface area contributed by atoms with Gasteiger partial charge in [0.05, 0.1) is 12.1 Å². The van der Waals surface area contributed by atoms with Crippen LogP contribution in [0.25, 0.3) is 0 Å². The van der Waals surface area contributed by atoms with E-state index < -0.39 is 17.4 Å². The number of carbonyl (C=O) groups excluding carboxylic acids is 3. The lowest BCUT2D eigenvalue weighted by molar-refractivity contribution is -0.136. The van der Waals surface area contributed by atoms with Crippen molar-refractivity contribution < 1.29 is 19.1 Å². The minimum Gasteiger partial charge on any atom is -0.456 e. The smallest absolute Gasteiger partial charge is 0.354 e. The highest BCUT2D eigenvalue weighted by molar-refractivity contribution is 14.1. The van der Waals surface area contributed by atoms with E-state index in [0.717, 1.165) is 14.0 Å². The average molecular weight is 489 g/mol. The van der Waals surface area contributed by atoms with Crippen LogP contribution in [0.2, 0.25) is 0 Å². The van der Waals surface area contributed by atoms with Crippen molar-refractivity contribution >= 4 is 51.8 Å². The molecule has 28 heavy (non-hydrogen) atoms. The molecule has 4 rings (SSSR count). The number of nitrogens with one attached hydrogen (secondary N) is 1. The van der Waals surface area contributed by atoms with Crippen LogP contribution in [0.15, 0.2) is 59.7 Å². The van der Waals surface area contributed by atoms with E-state index >= 15 is 0 Å². The third kappa shape index (κ3) is 3.39. The summed E-state index contributed by atoms with van der Waals surface area (Å²) >= 11 is 2.15. The van der Waals surface area contributed by atoms with Gasteiger partial charge in [0.1, 0.15) is 17.9 Å². The molecule has 2 aromatic carbocycles. The molecule has 2 aliphatic heterocycles. The molecule has 8 heteroatoms. The largest absolute Gasteiger partial charge is 0.456 e. The summed E-state index contributed by atoms with van der Waals surface area (Å²) in [6.45, 7) is 0.118. The molecule has 0 bridgehead atoms. The van der Waals surface area contributed by atoms with Gasteiger partial charge >= 0.3 is 5.97 Å². The van der Waals surface area contributed by atoms with Crippen LogP contribution >= 0.6 is 22.6 Å². The molecule has 1 N–H and O–H groups in total. The second kappa shape index (κ2) is 7.34. The number of imide groups is 1. The van der Waals surface area contributed by atoms with Crippen LogP contribution in [0.1, 0.15) is 18.4 Å². The molecule has 0 saturated carbocycles. The molecule has 0 aliphatic carbocycles. The predicted octanol–water partition coefficient (Wildman–Crippen LogP) is 2.39. The Balaban J connectivity index is 1.44. The SMILES string of the molecule is O=C(OCc1ccccc1)C1=NN[C@]2(CC(=O)N(c3ccc(I)cc3)C2=O)C1. The number of rotatable bonds is 4. The molecule has 0 unspecified atom stereocenters. The number of anilines is 1. The molecule has 1 atom stereocenters. The third-order valence-corrected chi connectivity index (χ3v) is 5.44. The Bertz CT molecular complexity index is 975. The van der Waals surface area contributed by atoms with Crippen LogP contribution in [0, 0.1) is 3.57 Å². The van der Waals surface area contributed by atoms with Crippen molar-refractivity contribution in [2.24, 2.45) is 5.10 Å². The van der Waals surface area contributed by atoms with Crippen molar-refractivity contribution in [3.05, 3.63) is 63.7 Å². The molecule has 1 saturated heterocycles. The van der Waals surface area contributed by atoms with Crippen LogP contribution in [-0.4, -0.2) is 29.0 Å². The molecule has 1 spiro atoms. The number of hydrogen-bond donors (Lipinski definition) is 1. The Morgan fingerprint density at radius 1 is 1.11 bits per heavy atom. The summed E-state index contributed by atoms with van der Waals surface area (Å²) in [5.41, 5.74) is 2.98. The summed E-state index contributed by atoms with van der Waals surface area (Å²) in [6, 6.07) is 16.4. The Kier molecular flexibility index (Phi) is 4.88. The van der Waals surface area contributed by atoms with Gasteiger partial charge in [-0.15, -0.1) is 0 Å². The fourth-order valence-electron chi connectivity index (χ4n) is 3.28. The van der Waals surface area contributed by atoms with Gasteiger partial charge in [-0.05, 0) is 52.4 Å². The number of benzene rings is 2. The molecular weight excluding hydrogens is 473 g/mol. The van der Waals surface area contributed by atoms with Gasteiger partial charge in [-0.25, -0.2) is 9.69 Å². The lowest BCUT2D eigenvalue weighted by atomic mass is 9.93. The summed E-state index contributed by atoms with van der Waals surface area (Å²) in [4.78, 5) is 39.0. The number of amides is 2. The zero-order valence-corrected chi connectivity index (χ0v) is 16.9. The van der Waals surface area contributed by atoms with Crippen molar-refractivity contribution in [3.8, 4) is 0 Å². The zero-order valence-electron chi connectivity index (χ0n) is 14.7. The fraction of sp³-hybridized carbons (Fsp3) is 0.200. The highest BCUT2D eigenvalue weighted by atomic mass is 127. The molecule has 7 nitrogen and oxygen atoms in total. The van der Waals surface area contributed by atoms with Crippen molar-refractivity contribution in [1.29, 1.82) is 0 Å². The number of halogens is 1. The van der Waals surface area contributed by atoms with E-state index in [-0.39, 0.29) is 31.1 Å². The van der Waals surface area contributed by atoms with E-state index in [1.807, 2.05) is 42.5 Å². The van der Waals surface area contributed by atoms with E-state index in [9.17, 15) is 14.4 Å². The van der Waals surface area contributed by atoms with Crippen LogP contribution in [-0.2, 0) is 25.7 Å². The molecule has 2 amide bonds. The molecule has 2 heterocycles. The monoisotopic (exact) mass is 489 g/mol. The van der Waals surface area contributed by atoms with Gasteiger partial charge in [0.15, 0.2) is 0 Å². The minimum atomic E-state index is -1.22. The maximum Gasteiger partial charge on any atom is 0.354 e. The van der Waals surface area contributed by atoms with E-state index in [0.29, 0.717) is 5.69 Å². The van der Waals surface area contributed by atoms with Crippen LogP contribution in [0.4, 0.5) is 5.69 Å². The molecule has 0 radical (unpaired) electrons. The number of ether oxygens (including phenoxy) is 1. The molecule has 1 fully saturated rings.